The van der Waals surface area contributed by atoms with Crippen molar-refractivity contribution in [3.8, 4) is 0 Å². The minimum Gasteiger partial charge on any atom is -0.315 e. The predicted molar refractivity (Wildman–Crippen MR) is 93.9 cm³/mol. The molecule has 1 atom stereocenters. The molecule has 1 aliphatic rings. The average molecular weight is 330 g/mol. The molecule has 5 heteroatoms. The van der Waals surface area contributed by atoms with Crippen molar-refractivity contribution in [2.45, 2.75) is 6.04 Å². The summed E-state index contributed by atoms with van der Waals surface area (Å²) in [7, 11) is 2.09. The number of carbonyl (C=O) groups is 1. The first-order chi connectivity index (χ1) is 11.1. The van der Waals surface area contributed by atoms with Crippen molar-refractivity contribution in [1.29, 1.82) is 0 Å². The summed E-state index contributed by atoms with van der Waals surface area (Å²) < 4.78 is 0. The molecule has 1 heterocycles. The highest BCUT2D eigenvalue weighted by Crippen LogP contribution is 2.25. The molecule has 1 N–H and O–H groups in total. The lowest BCUT2D eigenvalue weighted by Gasteiger charge is -2.40. The number of hydrogen-bond acceptors (Lipinski definition) is 2. The second-order valence-electron chi connectivity index (χ2n) is 5.82. The third-order valence-corrected chi connectivity index (χ3v) is 4.38. The normalized spacial score (nSPS) is 18.7. The van der Waals surface area contributed by atoms with E-state index in [0.29, 0.717) is 11.6 Å². The zero-order valence-electron chi connectivity index (χ0n) is 13.1. The summed E-state index contributed by atoms with van der Waals surface area (Å²) in [5, 5.41) is 3.62. The first-order valence-corrected chi connectivity index (χ1v) is 8.08. The quantitative estimate of drug-likeness (QED) is 0.908. The summed E-state index contributed by atoms with van der Waals surface area (Å²) in [4.78, 5) is 16.9. The van der Waals surface area contributed by atoms with Gasteiger partial charge >= 0.3 is 6.03 Å². The monoisotopic (exact) mass is 329 g/mol. The summed E-state index contributed by atoms with van der Waals surface area (Å²) in [5.41, 5.74) is 1.91. The van der Waals surface area contributed by atoms with E-state index in [-0.39, 0.29) is 12.1 Å². The first-order valence-electron chi connectivity index (χ1n) is 7.70. The fourth-order valence-corrected chi connectivity index (χ4v) is 2.98. The van der Waals surface area contributed by atoms with Crippen LogP contribution in [0, 0.1) is 0 Å². The largest absolute Gasteiger partial charge is 0.322 e. The van der Waals surface area contributed by atoms with Gasteiger partial charge in [0.2, 0.25) is 0 Å². The van der Waals surface area contributed by atoms with E-state index in [2.05, 4.69) is 29.4 Å². The number of hydrogen-bond donors (Lipinski definition) is 1. The lowest BCUT2D eigenvalue weighted by molar-refractivity contribution is 0.117. The Hall–Kier alpha value is -2.04. The molecule has 0 spiro atoms. The highest BCUT2D eigenvalue weighted by molar-refractivity contribution is 6.30. The van der Waals surface area contributed by atoms with Crippen LogP contribution in [-0.4, -0.2) is 42.5 Å². The minimum absolute atomic E-state index is 0.0576. The molecule has 4 nitrogen and oxygen atoms in total. The van der Waals surface area contributed by atoms with Crippen molar-refractivity contribution in [2.75, 3.05) is 32.0 Å². The highest BCUT2D eigenvalue weighted by atomic mass is 35.5. The van der Waals surface area contributed by atoms with E-state index in [0.717, 1.165) is 24.3 Å². The Balaban J connectivity index is 1.78. The lowest BCUT2D eigenvalue weighted by Crippen LogP contribution is -2.50. The van der Waals surface area contributed by atoms with E-state index in [1.165, 1.54) is 0 Å². The Morgan fingerprint density at radius 1 is 1.09 bits per heavy atom. The fourth-order valence-electron chi connectivity index (χ4n) is 2.85. The van der Waals surface area contributed by atoms with Crippen LogP contribution in [0.15, 0.2) is 54.6 Å². The zero-order chi connectivity index (χ0) is 16.2. The molecule has 1 saturated heterocycles. The highest BCUT2D eigenvalue weighted by Gasteiger charge is 2.30. The number of carbonyl (C=O) groups excluding carboxylic acids is 1. The van der Waals surface area contributed by atoms with Gasteiger partial charge in [-0.2, -0.15) is 0 Å². The second-order valence-corrected chi connectivity index (χ2v) is 6.26. The number of likely N-dealkylation sites (N-methyl/N-ethyl adjacent to an activating group) is 1. The standard InChI is InChI=1S/C18H20ClN3O/c1-21-11-12-22(17(13-21)14-5-3-2-4-6-14)18(23)20-16-9-7-15(19)8-10-16/h2-10,17H,11-13H2,1H3,(H,20,23). The van der Waals surface area contributed by atoms with Gasteiger partial charge in [0, 0.05) is 30.3 Å². The molecule has 3 rings (SSSR count). The van der Waals surface area contributed by atoms with Crippen LogP contribution < -0.4 is 5.32 Å². The molecular formula is C18H20ClN3O. The van der Waals surface area contributed by atoms with E-state index in [1.54, 1.807) is 12.1 Å². The van der Waals surface area contributed by atoms with Gasteiger partial charge in [-0.1, -0.05) is 41.9 Å². The van der Waals surface area contributed by atoms with Gasteiger partial charge in [-0.3, -0.25) is 0 Å². The number of benzene rings is 2. The maximum absolute atomic E-state index is 12.7. The van der Waals surface area contributed by atoms with Gasteiger partial charge in [-0.25, -0.2) is 4.79 Å². The van der Waals surface area contributed by atoms with Crippen LogP contribution in [0.25, 0.3) is 0 Å². The molecule has 2 aromatic carbocycles. The minimum atomic E-state index is -0.0747. The summed E-state index contributed by atoms with van der Waals surface area (Å²) in [5.74, 6) is 0. The maximum Gasteiger partial charge on any atom is 0.322 e. The molecular weight excluding hydrogens is 310 g/mol. The number of urea groups is 1. The van der Waals surface area contributed by atoms with Crippen LogP contribution in [0.4, 0.5) is 10.5 Å². The van der Waals surface area contributed by atoms with Gasteiger partial charge in [0.25, 0.3) is 0 Å². The van der Waals surface area contributed by atoms with Gasteiger partial charge < -0.3 is 15.1 Å². The Labute approximate surface area is 141 Å². The van der Waals surface area contributed by atoms with E-state index in [4.69, 9.17) is 11.6 Å². The average Bonchev–Trinajstić information content (AvgIpc) is 2.57. The van der Waals surface area contributed by atoms with Crippen LogP contribution in [0.2, 0.25) is 5.02 Å². The molecule has 0 aliphatic carbocycles. The van der Waals surface area contributed by atoms with E-state index in [1.807, 2.05) is 35.2 Å². The lowest BCUT2D eigenvalue weighted by atomic mass is 10.0. The molecule has 1 fully saturated rings. The number of anilines is 1. The van der Waals surface area contributed by atoms with Gasteiger partial charge in [0.15, 0.2) is 0 Å². The summed E-state index contributed by atoms with van der Waals surface area (Å²) in [6, 6.07) is 17.3. The topological polar surface area (TPSA) is 35.6 Å². The molecule has 0 saturated carbocycles. The van der Waals surface area contributed by atoms with Crippen molar-refractivity contribution in [2.24, 2.45) is 0 Å². The molecule has 2 amide bonds. The van der Waals surface area contributed by atoms with Gasteiger partial charge in [-0.15, -0.1) is 0 Å². The first kappa shape index (κ1) is 15.8. The number of nitrogens with one attached hydrogen (secondary N) is 1. The Morgan fingerprint density at radius 3 is 2.48 bits per heavy atom. The van der Waals surface area contributed by atoms with Crippen LogP contribution in [0.1, 0.15) is 11.6 Å². The number of halogens is 1. The summed E-state index contributed by atoms with van der Waals surface area (Å²) >= 11 is 5.89. The molecule has 1 unspecified atom stereocenters. The van der Waals surface area contributed by atoms with Crippen LogP contribution in [0.3, 0.4) is 0 Å². The molecule has 0 radical (unpaired) electrons. The van der Waals surface area contributed by atoms with E-state index in [9.17, 15) is 4.79 Å². The van der Waals surface area contributed by atoms with Crippen molar-refractivity contribution in [3.05, 3.63) is 65.2 Å². The van der Waals surface area contributed by atoms with Crippen LogP contribution >= 0.6 is 11.6 Å². The van der Waals surface area contributed by atoms with Crippen LogP contribution in [-0.2, 0) is 0 Å². The van der Waals surface area contributed by atoms with E-state index < -0.39 is 0 Å². The molecule has 23 heavy (non-hydrogen) atoms. The third kappa shape index (κ3) is 3.84. The second kappa shape index (κ2) is 7.02. The van der Waals surface area contributed by atoms with Crippen molar-refractivity contribution in [3.63, 3.8) is 0 Å². The number of nitrogens with zero attached hydrogens (tertiary/aromatic N) is 2. The molecule has 0 bridgehead atoms. The number of rotatable bonds is 2. The Kier molecular flexibility index (Phi) is 4.84. The summed E-state index contributed by atoms with van der Waals surface area (Å²) in [6.45, 7) is 2.41. The number of amides is 2. The van der Waals surface area contributed by atoms with Crippen LogP contribution in [0.5, 0.6) is 0 Å². The predicted octanol–water partition coefficient (Wildman–Crippen LogP) is 3.86. The Bertz CT molecular complexity index is 660. The van der Waals surface area contributed by atoms with Crippen molar-refractivity contribution < 1.29 is 4.79 Å². The van der Waals surface area contributed by atoms with Gasteiger partial charge in [0.1, 0.15) is 0 Å². The SMILES string of the molecule is CN1CCN(C(=O)Nc2ccc(Cl)cc2)C(c2ccccc2)C1. The Morgan fingerprint density at radius 2 is 1.78 bits per heavy atom. The number of piperazine rings is 1. The van der Waals surface area contributed by atoms with Gasteiger partial charge in [0.05, 0.1) is 6.04 Å². The van der Waals surface area contributed by atoms with E-state index >= 15 is 0 Å². The van der Waals surface area contributed by atoms with Crippen molar-refractivity contribution in [1.82, 2.24) is 9.80 Å². The molecule has 1 aliphatic heterocycles. The smallest absolute Gasteiger partial charge is 0.315 e. The molecule has 2 aromatic rings. The maximum atomic E-state index is 12.7. The summed E-state index contributed by atoms with van der Waals surface area (Å²) in [6.07, 6.45) is 0. The fraction of sp³-hybridized carbons (Fsp3) is 0.278. The van der Waals surface area contributed by atoms with Gasteiger partial charge in [-0.05, 0) is 36.9 Å². The third-order valence-electron chi connectivity index (χ3n) is 4.12. The zero-order valence-corrected chi connectivity index (χ0v) is 13.8. The molecule has 120 valence electrons. The molecule has 0 aromatic heterocycles. The van der Waals surface area contributed by atoms with Crippen molar-refractivity contribution >= 4 is 23.3 Å².